The second kappa shape index (κ2) is 5.03. The standard InChI is InChI=1S/C13H25NO2/c1-4-16-12-8-11(13(12)6-5-7-13)14-10(2)9-15-3/h10-12,14H,4-9H2,1-3H3. The number of rotatable bonds is 6. The third-order valence-electron chi connectivity index (χ3n) is 4.34. The zero-order valence-electron chi connectivity index (χ0n) is 10.8. The van der Waals surface area contributed by atoms with E-state index in [0.29, 0.717) is 23.6 Å². The smallest absolute Gasteiger partial charge is 0.0661 e. The molecule has 2 saturated carbocycles. The van der Waals surface area contributed by atoms with Crippen molar-refractivity contribution in [2.45, 2.75) is 57.7 Å². The molecule has 0 saturated heterocycles. The van der Waals surface area contributed by atoms with Crippen molar-refractivity contribution in [3.8, 4) is 0 Å². The normalized spacial score (nSPS) is 33.2. The summed E-state index contributed by atoms with van der Waals surface area (Å²) in [7, 11) is 1.76. The second-order valence-electron chi connectivity index (χ2n) is 5.34. The van der Waals surface area contributed by atoms with E-state index in [1.807, 2.05) is 0 Å². The number of hydrogen-bond acceptors (Lipinski definition) is 3. The van der Waals surface area contributed by atoms with Gasteiger partial charge in [-0.3, -0.25) is 0 Å². The molecule has 0 aromatic carbocycles. The van der Waals surface area contributed by atoms with Gasteiger partial charge in [0.1, 0.15) is 0 Å². The van der Waals surface area contributed by atoms with Gasteiger partial charge >= 0.3 is 0 Å². The van der Waals surface area contributed by atoms with E-state index < -0.39 is 0 Å². The van der Waals surface area contributed by atoms with E-state index in [9.17, 15) is 0 Å². The lowest BCUT2D eigenvalue weighted by Crippen LogP contribution is -2.68. The predicted octanol–water partition coefficient (Wildman–Crippen LogP) is 1.96. The highest BCUT2D eigenvalue weighted by atomic mass is 16.5. The first-order chi connectivity index (χ1) is 7.73. The van der Waals surface area contributed by atoms with Crippen molar-refractivity contribution >= 4 is 0 Å². The molecule has 2 fully saturated rings. The van der Waals surface area contributed by atoms with Crippen molar-refractivity contribution in [1.29, 1.82) is 0 Å². The lowest BCUT2D eigenvalue weighted by atomic mass is 9.51. The summed E-state index contributed by atoms with van der Waals surface area (Å²) in [6, 6.07) is 1.11. The molecule has 2 aliphatic rings. The first-order valence-corrected chi connectivity index (χ1v) is 6.59. The fraction of sp³-hybridized carbons (Fsp3) is 1.00. The maximum atomic E-state index is 5.84. The minimum absolute atomic E-state index is 0.454. The Morgan fingerprint density at radius 2 is 2.19 bits per heavy atom. The summed E-state index contributed by atoms with van der Waals surface area (Å²) < 4.78 is 11.0. The van der Waals surface area contributed by atoms with Crippen LogP contribution in [0.2, 0.25) is 0 Å². The fourth-order valence-corrected chi connectivity index (χ4v) is 3.31. The van der Waals surface area contributed by atoms with Crippen molar-refractivity contribution in [3.63, 3.8) is 0 Å². The predicted molar refractivity (Wildman–Crippen MR) is 64.6 cm³/mol. The van der Waals surface area contributed by atoms with Crippen LogP contribution >= 0.6 is 0 Å². The van der Waals surface area contributed by atoms with E-state index in [0.717, 1.165) is 13.2 Å². The van der Waals surface area contributed by atoms with Crippen LogP contribution in [0.5, 0.6) is 0 Å². The van der Waals surface area contributed by atoms with Gasteiger partial charge in [-0.25, -0.2) is 0 Å². The van der Waals surface area contributed by atoms with Crippen LogP contribution in [0.3, 0.4) is 0 Å². The maximum Gasteiger partial charge on any atom is 0.0661 e. The molecule has 3 atom stereocenters. The van der Waals surface area contributed by atoms with Crippen LogP contribution in [-0.2, 0) is 9.47 Å². The van der Waals surface area contributed by atoms with Gasteiger partial charge in [0.05, 0.1) is 12.7 Å². The number of ether oxygens (including phenoxy) is 2. The average molecular weight is 227 g/mol. The second-order valence-corrected chi connectivity index (χ2v) is 5.34. The molecular formula is C13H25NO2. The number of nitrogens with one attached hydrogen (secondary N) is 1. The van der Waals surface area contributed by atoms with Crippen LogP contribution in [0.25, 0.3) is 0 Å². The van der Waals surface area contributed by atoms with E-state index in [4.69, 9.17) is 9.47 Å². The van der Waals surface area contributed by atoms with Crippen molar-refractivity contribution in [1.82, 2.24) is 5.32 Å². The van der Waals surface area contributed by atoms with Gasteiger partial charge in [0, 0.05) is 31.2 Å². The molecule has 1 N–H and O–H groups in total. The van der Waals surface area contributed by atoms with Gasteiger partial charge in [-0.05, 0) is 33.1 Å². The summed E-state index contributed by atoms with van der Waals surface area (Å²) in [5.74, 6) is 0. The average Bonchev–Trinajstić information content (AvgIpc) is 2.13. The van der Waals surface area contributed by atoms with E-state index >= 15 is 0 Å². The minimum atomic E-state index is 0.454. The highest BCUT2D eigenvalue weighted by molar-refractivity contribution is 5.12. The van der Waals surface area contributed by atoms with E-state index in [2.05, 4.69) is 19.2 Å². The Labute approximate surface area is 98.9 Å². The lowest BCUT2D eigenvalue weighted by Gasteiger charge is -2.61. The molecule has 94 valence electrons. The van der Waals surface area contributed by atoms with Crippen LogP contribution in [0.4, 0.5) is 0 Å². The van der Waals surface area contributed by atoms with Crippen LogP contribution < -0.4 is 5.32 Å². The van der Waals surface area contributed by atoms with E-state index in [1.54, 1.807) is 7.11 Å². The van der Waals surface area contributed by atoms with Gasteiger partial charge < -0.3 is 14.8 Å². The minimum Gasteiger partial charge on any atom is -0.383 e. The molecule has 3 nitrogen and oxygen atoms in total. The molecule has 0 aromatic rings. The van der Waals surface area contributed by atoms with Gasteiger partial charge in [0.15, 0.2) is 0 Å². The largest absolute Gasteiger partial charge is 0.383 e. The molecule has 3 unspecified atom stereocenters. The lowest BCUT2D eigenvalue weighted by molar-refractivity contribution is -0.175. The Kier molecular flexibility index (Phi) is 3.88. The molecule has 2 rings (SSSR count). The third kappa shape index (κ3) is 2.01. The molecule has 0 radical (unpaired) electrons. The summed E-state index contributed by atoms with van der Waals surface area (Å²) in [5, 5.41) is 3.69. The highest BCUT2D eigenvalue weighted by Gasteiger charge is 2.58. The molecule has 2 aliphatic carbocycles. The van der Waals surface area contributed by atoms with Crippen molar-refractivity contribution < 1.29 is 9.47 Å². The topological polar surface area (TPSA) is 30.5 Å². The number of hydrogen-bond donors (Lipinski definition) is 1. The van der Waals surface area contributed by atoms with Gasteiger partial charge in [-0.15, -0.1) is 0 Å². The highest BCUT2D eigenvalue weighted by Crippen LogP contribution is 2.57. The fourth-order valence-electron chi connectivity index (χ4n) is 3.31. The molecular weight excluding hydrogens is 202 g/mol. The molecule has 1 spiro atoms. The zero-order valence-corrected chi connectivity index (χ0v) is 10.8. The monoisotopic (exact) mass is 227 g/mol. The maximum absolute atomic E-state index is 5.84. The summed E-state index contributed by atoms with van der Waals surface area (Å²) in [4.78, 5) is 0. The number of methoxy groups -OCH3 is 1. The van der Waals surface area contributed by atoms with Crippen molar-refractivity contribution in [2.75, 3.05) is 20.3 Å². The molecule has 16 heavy (non-hydrogen) atoms. The van der Waals surface area contributed by atoms with E-state index in [1.165, 1.54) is 25.7 Å². The van der Waals surface area contributed by atoms with Crippen molar-refractivity contribution in [2.24, 2.45) is 5.41 Å². The molecule has 0 heterocycles. The summed E-state index contributed by atoms with van der Waals surface area (Å²) >= 11 is 0. The van der Waals surface area contributed by atoms with Crippen LogP contribution in [-0.4, -0.2) is 38.5 Å². The molecule has 0 aromatic heterocycles. The van der Waals surface area contributed by atoms with Crippen molar-refractivity contribution in [3.05, 3.63) is 0 Å². The Bertz CT molecular complexity index is 228. The molecule has 0 bridgehead atoms. The molecule has 0 aliphatic heterocycles. The van der Waals surface area contributed by atoms with Gasteiger partial charge in [-0.2, -0.15) is 0 Å². The first kappa shape index (κ1) is 12.3. The van der Waals surface area contributed by atoms with E-state index in [-0.39, 0.29) is 0 Å². The van der Waals surface area contributed by atoms with Gasteiger partial charge in [0.25, 0.3) is 0 Å². The Hall–Kier alpha value is -0.120. The summed E-state index contributed by atoms with van der Waals surface area (Å²) in [6.07, 6.45) is 5.75. The Morgan fingerprint density at radius 1 is 1.44 bits per heavy atom. The first-order valence-electron chi connectivity index (χ1n) is 6.59. The SMILES string of the molecule is CCOC1CC(NC(C)COC)C12CCC2. The van der Waals surface area contributed by atoms with Crippen LogP contribution in [0.1, 0.15) is 39.5 Å². The quantitative estimate of drug-likeness (QED) is 0.752. The summed E-state index contributed by atoms with van der Waals surface area (Å²) in [5.41, 5.74) is 0.470. The molecule has 3 heteroatoms. The Morgan fingerprint density at radius 3 is 2.69 bits per heavy atom. The van der Waals surface area contributed by atoms with Gasteiger partial charge in [0.2, 0.25) is 0 Å². The van der Waals surface area contributed by atoms with Crippen LogP contribution in [0.15, 0.2) is 0 Å². The third-order valence-corrected chi connectivity index (χ3v) is 4.34. The molecule has 0 amide bonds. The Balaban J connectivity index is 1.83. The zero-order chi connectivity index (χ0) is 11.6. The van der Waals surface area contributed by atoms with Gasteiger partial charge in [-0.1, -0.05) is 6.42 Å². The summed E-state index contributed by atoms with van der Waals surface area (Å²) in [6.45, 7) is 5.95. The van der Waals surface area contributed by atoms with Crippen LogP contribution in [0, 0.1) is 5.41 Å².